The van der Waals surface area contributed by atoms with E-state index in [2.05, 4.69) is 39.2 Å². The number of ether oxygens (including phenoxy) is 3. The maximum Gasteiger partial charge on any atom is 0.192 e. The summed E-state index contributed by atoms with van der Waals surface area (Å²) in [6.07, 6.45) is 6.73. The van der Waals surface area contributed by atoms with Gasteiger partial charge in [-0.1, -0.05) is 57.2 Å². The van der Waals surface area contributed by atoms with Crippen molar-refractivity contribution in [3.8, 4) is 5.75 Å². The SMILES string of the molecule is CNc1ccc(/C=C/C(=O)/C=C/c2ccc(OCCOCCOCCO[Si](C)(C)C(C)(C)C)cc2)cc1. The lowest BCUT2D eigenvalue weighted by Crippen LogP contribution is -2.41. The van der Waals surface area contributed by atoms with Gasteiger partial charge in [0.25, 0.3) is 0 Å². The lowest BCUT2D eigenvalue weighted by molar-refractivity contribution is -0.110. The van der Waals surface area contributed by atoms with Crippen LogP contribution in [0, 0.1) is 0 Å². The molecule has 0 heterocycles. The second kappa shape index (κ2) is 15.5. The number of anilines is 1. The molecule has 2 aromatic rings. The van der Waals surface area contributed by atoms with E-state index in [-0.39, 0.29) is 10.8 Å². The first-order valence-corrected chi connectivity index (χ1v) is 15.7. The molecule has 0 radical (unpaired) electrons. The zero-order valence-corrected chi connectivity index (χ0v) is 24.2. The smallest absolute Gasteiger partial charge is 0.192 e. The number of ketones is 1. The molecule has 0 bridgehead atoms. The summed E-state index contributed by atoms with van der Waals surface area (Å²) in [6.45, 7) is 14.4. The summed E-state index contributed by atoms with van der Waals surface area (Å²) >= 11 is 0. The van der Waals surface area contributed by atoms with Crippen molar-refractivity contribution in [2.24, 2.45) is 0 Å². The third-order valence-corrected chi connectivity index (χ3v) is 10.9. The van der Waals surface area contributed by atoms with Crippen LogP contribution in [0.25, 0.3) is 12.2 Å². The van der Waals surface area contributed by atoms with Crippen molar-refractivity contribution in [3.05, 3.63) is 71.8 Å². The predicted molar refractivity (Wildman–Crippen MR) is 156 cm³/mol. The number of nitrogens with one attached hydrogen (secondary N) is 1. The van der Waals surface area contributed by atoms with Gasteiger partial charge in [0, 0.05) is 12.7 Å². The van der Waals surface area contributed by atoms with Gasteiger partial charge >= 0.3 is 0 Å². The Kier molecular flexibility index (Phi) is 12.8. The van der Waals surface area contributed by atoms with E-state index in [1.165, 1.54) is 0 Å². The fraction of sp³-hybridized carbons (Fsp3) is 0.433. The van der Waals surface area contributed by atoms with Crippen LogP contribution in [0.4, 0.5) is 5.69 Å². The number of benzene rings is 2. The van der Waals surface area contributed by atoms with E-state index in [1.807, 2.05) is 61.7 Å². The van der Waals surface area contributed by atoms with Crippen LogP contribution in [0.15, 0.2) is 60.7 Å². The molecule has 0 fully saturated rings. The Balaban J connectivity index is 1.57. The first kappa shape index (κ1) is 30.5. The second-order valence-corrected chi connectivity index (χ2v) is 15.0. The van der Waals surface area contributed by atoms with Gasteiger partial charge in [0.05, 0.1) is 33.0 Å². The van der Waals surface area contributed by atoms with Gasteiger partial charge in [-0.25, -0.2) is 0 Å². The predicted octanol–water partition coefficient (Wildman–Crippen LogP) is 6.46. The van der Waals surface area contributed by atoms with Gasteiger partial charge in [-0.05, 0) is 65.7 Å². The van der Waals surface area contributed by atoms with Crippen molar-refractivity contribution < 1.29 is 23.4 Å². The Morgan fingerprint density at radius 3 is 1.78 bits per heavy atom. The Hall–Kier alpha value is -2.71. The molecular weight excluding hydrogens is 482 g/mol. The molecule has 0 unspecified atom stereocenters. The quantitative estimate of drug-likeness (QED) is 0.154. The van der Waals surface area contributed by atoms with E-state index >= 15 is 0 Å². The molecule has 1 N–H and O–H groups in total. The van der Waals surface area contributed by atoms with Gasteiger partial charge in [0.1, 0.15) is 12.4 Å². The molecule has 0 amide bonds. The highest BCUT2D eigenvalue weighted by Gasteiger charge is 2.36. The van der Waals surface area contributed by atoms with E-state index in [4.69, 9.17) is 18.6 Å². The Bertz CT molecular complexity index is 992. The molecule has 6 nitrogen and oxygen atoms in total. The second-order valence-electron chi connectivity index (χ2n) is 10.2. The van der Waals surface area contributed by atoms with Crippen molar-refractivity contribution in [2.45, 2.75) is 38.9 Å². The topological polar surface area (TPSA) is 66.0 Å². The molecule has 37 heavy (non-hydrogen) atoms. The van der Waals surface area contributed by atoms with Crippen molar-refractivity contribution >= 4 is 31.9 Å². The molecule has 202 valence electrons. The van der Waals surface area contributed by atoms with Gasteiger partial charge in [0.2, 0.25) is 0 Å². The van der Waals surface area contributed by atoms with Crippen molar-refractivity contribution in [3.63, 3.8) is 0 Å². The maximum absolute atomic E-state index is 12.1. The molecule has 0 saturated carbocycles. The van der Waals surface area contributed by atoms with E-state index in [9.17, 15) is 4.79 Å². The van der Waals surface area contributed by atoms with E-state index in [1.54, 1.807) is 18.2 Å². The van der Waals surface area contributed by atoms with Crippen LogP contribution in [-0.4, -0.2) is 60.8 Å². The van der Waals surface area contributed by atoms with Crippen molar-refractivity contribution in [2.75, 3.05) is 52.0 Å². The van der Waals surface area contributed by atoms with Gasteiger partial charge in [-0.15, -0.1) is 0 Å². The first-order valence-electron chi connectivity index (χ1n) is 12.8. The molecule has 0 aliphatic heterocycles. The van der Waals surface area contributed by atoms with Crippen LogP contribution in [0.3, 0.4) is 0 Å². The van der Waals surface area contributed by atoms with Crippen molar-refractivity contribution in [1.29, 1.82) is 0 Å². The normalized spacial score (nSPS) is 12.4. The van der Waals surface area contributed by atoms with E-state index < -0.39 is 8.32 Å². The average molecular weight is 526 g/mol. The van der Waals surface area contributed by atoms with Crippen LogP contribution in [0.5, 0.6) is 5.75 Å². The number of hydrogen-bond acceptors (Lipinski definition) is 6. The highest BCUT2D eigenvalue weighted by Crippen LogP contribution is 2.36. The largest absolute Gasteiger partial charge is 0.491 e. The maximum atomic E-state index is 12.1. The van der Waals surface area contributed by atoms with Crippen LogP contribution < -0.4 is 10.1 Å². The zero-order chi connectivity index (χ0) is 27.2. The molecule has 0 atom stereocenters. The average Bonchev–Trinajstić information content (AvgIpc) is 2.87. The molecule has 0 spiro atoms. The first-order chi connectivity index (χ1) is 17.6. The molecule has 0 saturated heterocycles. The van der Waals surface area contributed by atoms with Gasteiger partial charge in [-0.2, -0.15) is 0 Å². The summed E-state index contributed by atoms with van der Waals surface area (Å²) in [7, 11) is 0.169. The Morgan fingerprint density at radius 2 is 1.27 bits per heavy atom. The summed E-state index contributed by atoms with van der Waals surface area (Å²) in [6, 6.07) is 15.5. The number of carbonyl (C=O) groups excluding carboxylic acids is 1. The highest BCUT2D eigenvalue weighted by molar-refractivity contribution is 6.74. The monoisotopic (exact) mass is 525 g/mol. The number of hydrogen-bond donors (Lipinski definition) is 1. The molecule has 0 aliphatic carbocycles. The highest BCUT2D eigenvalue weighted by atomic mass is 28.4. The summed E-state index contributed by atoms with van der Waals surface area (Å²) in [5, 5.41) is 3.28. The number of carbonyl (C=O) groups is 1. The van der Waals surface area contributed by atoms with Crippen LogP contribution in [0.2, 0.25) is 18.1 Å². The summed E-state index contributed by atoms with van der Waals surface area (Å²) in [4.78, 5) is 12.1. The van der Waals surface area contributed by atoms with E-state index in [0.29, 0.717) is 39.6 Å². The van der Waals surface area contributed by atoms with Crippen molar-refractivity contribution in [1.82, 2.24) is 0 Å². The number of rotatable bonds is 16. The molecule has 2 rings (SSSR count). The minimum Gasteiger partial charge on any atom is -0.491 e. The summed E-state index contributed by atoms with van der Waals surface area (Å²) < 4.78 is 23.0. The van der Waals surface area contributed by atoms with E-state index in [0.717, 1.165) is 22.6 Å². The standard InChI is InChI=1S/C30H43NO5Si/c1-30(2,3)37(5,6)36-24-22-34-20-19-33-21-23-35-29-17-11-26(12-18-29)10-16-28(32)15-9-25-7-13-27(31-4)14-8-25/h7-18,31H,19-24H2,1-6H3/b15-9+,16-10+. The fourth-order valence-corrected chi connectivity index (χ4v) is 3.99. The zero-order valence-electron chi connectivity index (χ0n) is 23.2. The van der Waals surface area contributed by atoms with Gasteiger partial charge < -0.3 is 24.0 Å². The third kappa shape index (κ3) is 11.9. The minimum absolute atomic E-state index is 0.0673. The molecule has 0 aliphatic rings. The van der Waals surface area contributed by atoms with Crippen LogP contribution in [0.1, 0.15) is 31.9 Å². The van der Waals surface area contributed by atoms with Crippen LogP contribution >= 0.6 is 0 Å². The molecule has 0 aromatic heterocycles. The summed E-state index contributed by atoms with van der Waals surface area (Å²) in [5.74, 6) is 0.693. The van der Waals surface area contributed by atoms with Gasteiger partial charge in [0.15, 0.2) is 14.1 Å². The Labute approximate surface area is 223 Å². The Morgan fingerprint density at radius 1 is 0.784 bits per heavy atom. The number of allylic oxidation sites excluding steroid dienone is 2. The van der Waals surface area contributed by atoms with Gasteiger partial charge in [-0.3, -0.25) is 4.79 Å². The lowest BCUT2D eigenvalue weighted by atomic mass is 10.1. The molecule has 2 aromatic carbocycles. The fourth-order valence-electron chi connectivity index (χ4n) is 2.96. The lowest BCUT2D eigenvalue weighted by Gasteiger charge is -2.36. The minimum atomic E-state index is -1.71. The molecular formula is C30H43NO5Si. The third-order valence-electron chi connectivity index (χ3n) is 6.32. The molecule has 7 heteroatoms. The summed E-state index contributed by atoms with van der Waals surface area (Å²) in [5.41, 5.74) is 2.94. The van der Waals surface area contributed by atoms with Crippen LogP contribution in [-0.2, 0) is 18.7 Å².